The van der Waals surface area contributed by atoms with Crippen LogP contribution in [-0.4, -0.2) is 53.3 Å². The number of nitrogens with zero attached hydrogens (tertiary/aromatic N) is 1. The number of amides is 1. The van der Waals surface area contributed by atoms with Crippen molar-refractivity contribution in [2.75, 3.05) is 19.6 Å². The molecule has 1 amide bonds. The fraction of sp³-hybridized carbons (Fsp3) is 0.875. The molecule has 0 saturated carbocycles. The van der Waals surface area contributed by atoms with Crippen LogP contribution in [0.2, 0.25) is 0 Å². The Bertz CT molecular complexity index is 401. The van der Waals surface area contributed by atoms with Crippen molar-refractivity contribution in [3.8, 4) is 0 Å². The van der Waals surface area contributed by atoms with Crippen molar-refractivity contribution in [1.29, 1.82) is 0 Å². The summed E-state index contributed by atoms with van der Waals surface area (Å²) in [6, 6.07) is 0.000859. The maximum Gasteiger partial charge on any atom is 0.407 e. The van der Waals surface area contributed by atoms with Crippen LogP contribution in [0.5, 0.6) is 0 Å². The smallest absolute Gasteiger partial charge is 0.407 e. The number of rotatable bonds is 5. The number of piperidine rings is 1. The molecule has 0 bridgehead atoms. The number of likely N-dealkylation sites (tertiary alicyclic amines) is 1. The first-order valence-electron chi connectivity index (χ1n) is 7.93. The Morgan fingerprint density at radius 2 is 2.00 bits per heavy atom. The molecule has 22 heavy (non-hydrogen) atoms. The molecule has 1 aliphatic heterocycles. The van der Waals surface area contributed by atoms with Crippen molar-refractivity contribution in [2.24, 2.45) is 5.41 Å². The molecule has 1 atom stereocenters. The number of aliphatic carboxylic acids is 1. The van der Waals surface area contributed by atoms with Crippen LogP contribution in [0, 0.1) is 5.41 Å². The molecule has 0 aromatic rings. The Labute approximate surface area is 133 Å². The molecule has 1 rings (SSSR count). The summed E-state index contributed by atoms with van der Waals surface area (Å²) in [5.74, 6) is -0.763. The Morgan fingerprint density at radius 3 is 2.55 bits per heavy atom. The average Bonchev–Trinajstić information content (AvgIpc) is 2.30. The minimum absolute atomic E-state index is 0.000201. The van der Waals surface area contributed by atoms with Gasteiger partial charge in [0, 0.05) is 13.0 Å². The first kappa shape index (κ1) is 18.7. The van der Waals surface area contributed by atoms with Crippen molar-refractivity contribution in [1.82, 2.24) is 10.2 Å². The zero-order valence-corrected chi connectivity index (χ0v) is 14.4. The van der Waals surface area contributed by atoms with E-state index < -0.39 is 17.7 Å². The number of carbonyl (C=O) groups is 2. The summed E-state index contributed by atoms with van der Waals surface area (Å²) >= 11 is 0. The number of carbonyl (C=O) groups excluding carboxylic acids is 1. The van der Waals surface area contributed by atoms with E-state index in [2.05, 4.69) is 24.1 Å². The first-order valence-corrected chi connectivity index (χ1v) is 7.93. The van der Waals surface area contributed by atoms with E-state index in [1.54, 1.807) is 0 Å². The van der Waals surface area contributed by atoms with Gasteiger partial charge in [0.05, 0.1) is 6.04 Å². The normalized spacial score (nSPS) is 22.1. The van der Waals surface area contributed by atoms with Gasteiger partial charge in [-0.05, 0) is 52.1 Å². The van der Waals surface area contributed by atoms with Crippen molar-refractivity contribution >= 4 is 12.1 Å². The van der Waals surface area contributed by atoms with Gasteiger partial charge in [-0.1, -0.05) is 13.8 Å². The van der Waals surface area contributed by atoms with Gasteiger partial charge in [-0.2, -0.15) is 0 Å². The second-order valence-electron chi connectivity index (χ2n) is 7.74. The number of carboxylic acid groups (broad SMARTS) is 1. The highest BCUT2D eigenvalue weighted by Gasteiger charge is 2.37. The third kappa shape index (κ3) is 6.64. The van der Waals surface area contributed by atoms with E-state index in [1.165, 1.54) is 0 Å². The van der Waals surface area contributed by atoms with Gasteiger partial charge >= 0.3 is 12.1 Å². The highest BCUT2D eigenvalue weighted by atomic mass is 16.6. The van der Waals surface area contributed by atoms with Gasteiger partial charge in [0.2, 0.25) is 0 Å². The van der Waals surface area contributed by atoms with Crippen molar-refractivity contribution in [3.05, 3.63) is 0 Å². The second-order valence-corrected chi connectivity index (χ2v) is 7.74. The minimum atomic E-state index is -0.763. The van der Waals surface area contributed by atoms with Gasteiger partial charge in [0.15, 0.2) is 0 Å². The summed E-state index contributed by atoms with van der Waals surface area (Å²) in [4.78, 5) is 24.8. The van der Waals surface area contributed by atoms with E-state index >= 15 is 0 Å². The molecule has 0 aromatic heterocycles. The molecule has 1 saturated heterocycles. The number of hydrogen-bond donors (Lipinski definition) is 2. The zero-order valence-electron chi connectivity index (χ0n) is 14.4. The van der Waals surface area contributed by atoms with E-state index in [1.807, 2.05) is 20.8 Å². The van der Waals surface area contributed by atoms with E-state index in [0.717, 1.165) is 26.1 Å². The lowest BCUT2D eigenvalue weighted by Gasteiger charge is -2.44. The molecule has 6 heteroatoms. The lowest BCUT2D eigenvalue weighted by Crippen LogP contribution is -2.57. The van der Waals surface area contributed by atoms with E-state index in [9.17, 15) is 9.59 Å². The molecule has 1 unspecified atom stereocenters. The van der Waals surface area contributed by atoms with Gasteiger partial charge in [0.1, 0.15) is 5.60 Å². The predicted octanol–water partition coefficient (Wildman–Crippen LogP) is 2.48. The molecular formula is C16H30N2O4. The number of carboxylic acids is 1. The van der Waals surface area contributed by atoms with E-state index in [0.29, 0.717) is 6.42 Å². The lowest BCUT2D eigenvalue weighted by atomic mass is 9.78. The highest BCUT2D eigenvalue weighted by molar-refractivity contribution is 5.68. The number of nitrogens with one attached hydrogen (secondary N) is 1. The first-order chi connectivity index (χ1) is 9.99. The Kier molecular flexibility index (Phi) is 6.23. The van der Waals surface area contributed by atoms with Crippen LogP contribution in [0.25, 0.3) is 0 Å². The molecular weight excluding hydrogens is 284 g/mol. The van der Waals surface area contributed by atoms with E-state index in [-0.39, 0.29) is 17.9 Å². The molecule has 0 radical (unpaired) electrons. The topological polar surface area (TPSA) is 78.9 Å². The third-order valence-corrected chi connectivity index (χ3v) is 4.01. The monoisotopic (exact) mass is 314 g/mol. The Balaban J connectivity index is 2.54. The van der Waals surface area contributed by atoms with Crippen LogP contribution in [0.3, 0.4) is 0 Å². The standard InChI is InChI=1S/C16H30N2O4/c1-15(2,3)22-14(21)17-12-11-18(9-6-7-13(19)20)10-8-16(12,4)5/h12H,6-11H2,1-5H3,(H,17,21)(H,19,20). The molecule has 128 valence electrons. The quantitative estimate of drug-likeness (QED) is 0.815. The van der Waals surface area contributed by atoms with Crippen LogP contribution >= 0.6 is 0 Å². The summed E-state index contributed by atoms with van der Waals surface area (Å²) in [6.07, 6.45) is 1.39. The molecule has 1 heterocycles. The summed E-state index contributed by atoms with van der Waals surface area (Å²) < 4.78 is 5.34. The van der Waals surface area contributed by atoms with Crippen molar-refractivity contribution in [3.63, 3.8) is 0 Å². The van der Waals surface area contributed by atoms with Gasteiger partial charge < -0.3 is 20.1 Å². The lowest BCUT2D eigenvalue weighted by molar-refractivity contribution is -0.137. The SMILES string of the molecule is CC(C)(C)OC(=O)NC1CN(CCCC(=O)O)CCC1(C)C. The second kappa shape index (κ2) is 7.31. The predicted molar refractivity (Wildman–Crippen MR) is 84.9 cm³/mol. The van der Waals surface area contributed by atoms with Gasteiger partial charge in [-0.15, -0.1) is 0 Å². The fourth-order valence-electron chi connectivity index (χ4n) is 2.56. The maximum absolute atomic E-state index is 12.0. The molecule has 6 nitrogen and oxygen atoms in total. The molecule has 0 aliphatic carbocycles. The molecule has 1 fully saturated rings. The number of alkyl carbamates (subject to hydrolysis) is 1. The molecule has 2 N–H and O–H groups in total. The average molecular weight is 314 g/mol. The molecule has 0 aromatic carbocycles. The van der Waals surface area contributed by atoms with Crippen LogP contribution in [-0.2, 0) is 9.53 Å². The molecule has 0 spiro atoms. The minimum Gasteiger partial charge on any atom is -0.481 e. The Hall–Kier alpha value is -1.30. The zero-order chi connectivity index (χ0) is 17.0. The van der Waals surface area contributed by atoms with Crippen LogP contribution in [0.1, 0.15) is 53.9 Å². The third-order valence-electron chi connectivity index (χ3n) is 4.01. The number of ether oxygens (including phenoxy) is 1. The maximum atomic E-state index is 12.0. The van der Waals surface area contributed by atoms with Gasteiger partial charge in [0.25, 0.3) is 0 Å². The van der Waals surface area contributed by atoms with Crippen LogP contribution in [0.15, 0.2) is 0 Å². The van der Waals surface area contributed by atoms with E-state index in [4.69, 9.17) is 9.84 Å². The summed E-state index contributed by atoms with van der Waals surface area (Å²) in [6.45, 7) is 12.2. The fourth-order valence-corrected chi connectivity index (χ4v) is 2.56. The summed E-state index contributed by atoms with van der Waals surface area (Å²) in [5.41, 5.74) is -0.510. The largest absolute Gasteiger partial charge is 0.481 e. The molecule has 1 aliphatic rings. The highest BCUT2D eigenvalue weighted by Crippen LogP contribution is 2.30. The van der Waals surface area contributed by atoms with Gasteiger partial charge in [-0.25, -0.2) is 4.79 Å². The van der Waals surface area contributed by atoms with Gasteiger partial charge in [-0.3, -0.25) is 4.79 Å². The van der Waals surface area contributed by atoms with Crippen LogP contribution < -0.4 is 5.32 Å². The van der Waals surface area contributed by atoms with Crippen molar-refractivity contribution < 1.29 is 19.4 Å². The Morgan fingerprint density at radius 1 is 1.36 bits per heavy atom. The summed E-state index contributed by atoms with van der Waals surface area (Å²) in [5, 5.41) is 11.7. The van der Waals surface area contributed by atoms with Crippen molar-refractivity contribution in [2.45, 2.75) is 65.5 Å². The number of hydrogen-bond acceptors (Lipinski definition) is 4. The van der Waals surface area contributed by atoms with Crippen LogP contribution in [0.4, 0.5) is 4.79 Å². The summed E-state index contributed by atoms with van der Waals surface area (Å²) in [7, 11) is 0.